The number of carbonyl (C=O) groups excluding carboxylic acids is 1. The standard InChI is InChI=1S/C23H18FN5OS/c24-17-9-6-16(7-10-17)8-11-22-26-23(28-27-22)31-15-21(30)19-14-29(13-3-12-25)20-5-2-1-4-18(19)20/h1-2,4-11,14H,3,13,15H2,(H,26,27,28)/b11-8+. The van der Waals surface area contributed by atoms with Gasteiger partial charge in [0.05, 0.1) is 18.2 Å². The second-order valence-electron chi connectivity index (χ2n) is 6.76. The topological polar surface area (TPSA) is 87.4 Å². The lowest BCUT2D eigenvalue weighted by molar-refractivity contribution is 0.102. The van der Waals surface area contributed by atoms with Gasteiger partial charge in [0.25, 0.3) is 0 Å². The number of aromatic amines is 1. The van der Waals surface area contributed by atoms with Crippen LogP contribution in [-0.2, 0) is 6.54 Å². The molecule has 4 rings (SSSR count). The molecule has 0 bridgehead atoms. The molecule has 2 aromatic carbocycles. The highest BCUT2D eigenvalue weighted by molar-refractivity contribution is 7.99. The zero-order chi connectivity index (χ0) is 21.6. The van der Waals surface area contributed by atoms with Gasteiger partial charge in [0, 0.05) is 29.2 Å². The van der Waals surface area contributed by atoms with Crippen LogP contribution in [0.25, 0.3) is 23.1 Å². The Labute approximate surface area is 182 Å². The monoisotopic (exact) mass is 431 g/mol. The summed E-state index contributed by atoms with van der Waals surface area (Å²) in [5.74, 6) is 0.441. The first-order chi connectivity index (χ1) is 15.1. The Balaban J connectivity index is 1.43. The maximum absolute atomic E-state index is 13.0. The number of H-pyrrole nitrogens is 1. The minimum Gasteiger partial charge on any atom is -0.346 e. The van der Waals surface area contributed by atoms with E-state index in [1.54, 1.807) is 24.3 Å². The molecule has 8 heteroatoms. The number of hydrogen-bond donors (Lipinski definition) is 1. The van der Waals surface area contributed by atoms with E-state index in [1.807, 2.05) is 35.0 Å². The number of rotatable bonds is 8. The molecule has 0 unspecified atom stereocenters. The minimum absolute atomic E-state index is 0.0230. The van der Waals surface area contributed by atoms with Crippen LogP contribution in [-0.4, -0.2) is 31.3 Å². The van der Waals surface area contributed by atoms with Crippen molar-refractivity contribution in [2.75, 3.05) is 5.75 Å². The van der Waals surface area contributed by atoms with Gasteiger partial charge in [-0.1, -0.05) is 48.2 Å². The number of carbonyl (C=O) groups is 1. The Morgan fingerprint density at radius 1 is 1.19 bits per heavy atom. The number of fused-ring (bicyclic) bond motifs is 1. The fraction of sp³-hybridized carbons (Fsp3) is 0.130. The number of Topliss-reactive ketones (excluding diaryl/α,β-unsaturated/α-hetero) is 1. The molecule has 154 valence electrons. The molecule has 1 N–H and O–H groups in total. The van der Waals surface area contributed by atoms with Gasteiger partial charge in [0.15, 0.2) is 5.78 Å². The van der Waals surface area contributed by atoms with Crippen LogP contribution >= 0.6 is 11.8 Å². The van der Waals surface area contributed by atoms with Crippen LogP contribution in [0.2, 0.25) is 0 Å². The number of hydrogen-bond acceptors (Lipinski definition) is 5. The van der Waals surface area contributed by atoms with E-state index in [9.17, 15) is 9.18 Å². The average molecular weight is 431 g/mol. The molecule has 0 saturated carbocycles. The molecule has 0 atom stereocenters. The Morgan fingerprint density at radius 3 is 2.81 bits per heavy atom. The average Bonchev–Trinajstić information content (AvgIpc) is 3.40. The normalized spacial score (nSPS) is 11.2. The van der Waals surface area contributed by atoms with Crippen LogP contribution in [0.15, 0.2) is 59.9 Å². The Bertz CT molecular complexity index is 1280. The minimum atomic E-state index is -0.284. The first kappa shape index (κ1) is 20.6. The van der Waals surface area contributed by atoms with Crippen LogP contribution in [0.5, 0.6) is 0 Å². The van der Waals surface area contributed by atoms with Gasteiger partial charge < -0.3 is 4.57 Å². The van der Waals surface area contributed by atoms with Crippen molar-refractivity contribution in [1.29, 1.82) is 5.26 Å². The number of aryl methyl sites for hydroxylation is 1. The fourth-order valence-electron chi connectivity index (χ4n) is 3.18. The summed E-state index contributed by atoms with van der Waals surface area (Å²) in [6, 6.07) is 16.0. The van der Waals surface area contributed by atoms with Crippen molar-refractivity contribution in [2.45, 2.75) is 18.1 Å². The summed E-state index contributed by atoms with van der Waals surface area (Å²) in [5, 5.41) is 17.2. The van der Waals surface area contributed by atoms with Gasteiger partial charge in [0.1, 0.15) is 11.6 Å². The Kier molecular flexibility index (Phi) is 6.24. The number of nitriles is 1. The summed E-state index contributed by atoms with van der Waals surface area (Å²) < 4.78 is 14.9. The number of ketones is 1. The second kappa shape index (κ2) is 9.41. The number of aromatic nitrogens is 4. The van der Waals surface area contributed by atoms with Crippen LogP contribution in [0, 0.1) is 17.1 Å². The molecule has 0 spiro atoms. The molecule has 0 amide bonds. The molecule has 6 nitrogen and oxygen atoms in total. The van der Waals surface area contributed by atoms with E-state index in [-0.39, 0.29) is 17.4 Å². The molecule has 2 heterocycles. The summed E-state index contributed by atoms with van der Waals surface area (Å²) >= 11 is 1.26. The van der Waals surface area contributed by atoms with Crippen molar-refractivity contribution in [3.63, 3.8) is 0 Å². The number of para-hydroxylation sites is 1. The first-order valence-electron chi connectivity index (χ1n) is 9.61. The predicted molar refractivity (Wildman–Crippen MR) is 119 cm³/mol. The van der Waals surface area contributed by atoms with E-state index < -0.39 is 0 Å². The number of benzene rings is 2. The third-order valence-electron chi connectivity index (χ3n) is 4.67. The highest BCUT2D eigenvalue weighted by atomic mass is 32.2. The smallest absolute Gasteiger partial charge is 0.209 e. The van der Waals surface area contributed by atoms with Crippen LogP contribution in [0.4, 0.5) is 4.39 Å². The lowest BCUT2D eigenvalue weighted by Crippen LogP contribution is -2.02. The summed E-state index contributed by atoms with van der Waals surface area (Å²) in [7, 11) is 0. The van der Waals surface area contributed by atoms with Gasteiger partial charge >= 0.3 is 0 Å². The molecule has 2 aromatic heterocycles. The molecule has 31 heavy (non-hydrogen) atoms. The van der Waals surface area contributed by atoms with E-state index in [1.165, 1.54) is 23.9 Å². The summed E-state index contributed by atoms with van der Waals surface area (Å²) in [6.45, 7) is 0.544. The number of thioether (sulfide) groups is 1. The number of halogens is 1. The molecule has 0 aliphatic heterocycles. The van der Waals surface area contributed by atoms with Crippen molar-refractivity contribution < 1.29 is 9.18 Å². The zero-order valence-corrected chi connectivity index (χ0v) is 17.3. The first-order valence-corrected chi connectivity index (χ1v) is 10.6. The summed E-state index contributed by atoms with van der Waals surface area (Å²) in [5.41, 5.74) is 2.42. The Morgan fingerprint density at radius 2 is 2.00 bits per heavy atom. The van der Waals surface area contributed by atoms with Crippen LogP contribution < -0.4 is 0 Å². The third-order valence-corrected chi connectivity index (χ3v) is 5.52. The van der Waals surface area contributed by atoms with E-state index in [0.717, 1.165) is 16.5 Å². The largest absolute Gasteiger partial charge is 0.346 e. The maximum atomic E-state index is 13.0. The van der Waals surface area contributed by atoms with E-state index in [0.29, 0.717) is 29.5 Å². The molecule has 4 aromatic rings. The van der Waals surface area contributed by atoms with Gasteiger partial charge in [-0.2, -0.15) is 5.26 Å². The predicted octanol–water partition coefficient (Wildman–Crippen LogP) is 4.96. The van der Waals surface area contributed by atoms with Crippen molar-refractivity contribution in [3.05, 3.63) is 77.5 Å². The van der Waals surface area contributed by atoms with E-state index >= 15 is 0 Å². The van der Waals surface area contributed by atoms with Crippen LogP contribution in [0.3, 0.4) is 0 Å². The van der Waals surface area contributed by atoms with Gasteiger partial charge in [-0.15, -0.1) is 5.10 Å². The molecular formula is C23H18FN5OS. The lowest BCUT2D eigenvalue weighted by atomic mass is 10.1. The quantitative estimate of drug-likeness (QED) is 0.315. The maximum Gasteiger partial charge on any atom is 0.209 e. The van der Waals surface area contributed by atoms with E-state index in [2.05, 4.69) is 21.3 Å². The highest BCUT2D eigenvalue weighted by Gasteiger charge is 2.16. The van der Waals surface area contributed by atoms with Gasteiger partial charge in [-0.3, -0.25) is 9.89 Å². The van der Waals surface area contributed by atoms with Crippen molar-refractivity contribution in [3.8, 4) is 6.07 Å². The number of nitrogens with zero attached hydrogens (tertiary/aromatic N) is 4. The highest BCUT2D eigenvalue weighted by Crippen LogP contribution is 2.24. The number of nitrogens with one attached hydrogen (secondary N) is 1. The molecule has 0 radical (unpaired) electrons. The Hall–Kier alpha value is -3.70. The van der Waals surface area contributed by atoms with Gasteiger partial charge in [-0.05, 0) is 29.8 Å². The SMILES string of the molecule is N#CCCn1cc(C(=O)CSc2n[nH]c(/C=C/c3ccc(F)cc3)n2)c2ccccc21. The van der Waals surface area contributed by atoms with Crippen LogP contribution in [0.1, 0.15) is 28.2 Å². The second-order valence-corrected chi connectivity index (χ2v) is 7.70. The lowest BCUT2D eigenvalue weighted by Gasteiger charge is -2.00. The van der Waals surface area contributed by atoms with Gasteiger partial charge in [-0.25, -0.2) is 9.37 Å². The van der Waals surface area contributed by atoms with Gasteiger partial charge in [0.2, 0.25) is 5.16 Å². The van der Waals surface area contributed by atoms with Crippen molar-refractivity contribution in [2.24, 2.45) is 0 Å². The summed E-state index contributed by atoms with van der Waals surface area (Å²) in [6.07, 6.45) is 5.75. The molecule has 0 aliphatic rings. The zero-order valence-electron chi connectivity index (χ0n) is 16.5. The summed E-state index contributed by atoms with van der Waals surface area (Å²) in [4.78, 5) is 17.2. The fourth-order valence-corrected chi connectivity index (χ4v) is 3.87. The molecular weight excluding hydrogens is 413 g/mol. The molecule has 0 aliphatic carbocycles. The molecule has 0 fully saturated rings. The molecule has 0 saturated heterocycles. The van der Waals surface area contributed by atoms with E-state index in [4.69, 9.17) is 5.26 Å². The van der Waals surface area contributed by atoms with Crippen molar-refractivity contribution in [1.82, 2.24) is 19.7 Å². The van der Waals surface area contributed by atoms with Crippen molar-refractivity contribution >= 4 is 40.6 Å². The third kappa shape index (κ3) is 4.90.